The highest BCUT2D eigenvalue weighted by Gasteiger charge is 2.30. The number of sulfonamides is 1. The van der Waals surface area contributed by atoms with Gasteiger partial charge in [0.25, 0.3) is 0 Å². The van der Waals surface area contributed by atoms with E-state index in [1.807, 2.05) is 30.3 Å². The number of aromatic amines is 1. The number of hydrogen-bond donors (Lipinski definition) is 1. The van der Waals surface area contributed by atoms with E-state index in [0.29, 0.717) is 30.3 Å². The van der Waals surface area contributed by atoms with E-state index < -0.39 is 10.0 Å². The minimum absolute atomic E-state index is 0.354. The van der Waals surface area contributed by atoms with E-state index in [-0.39, 0.29) is 0 Å². The quantitative estimate of drug-likeness (QED) is 0.738. The van der Waals surface area contributed by atoms with E-state index in [2.05, 4.69) is 18.8 Å². The van der Waals surface area contributed by atoms with Gasteiger partial charge in [-0.15, -0.1) is 0 Å². The lowest BCUT2D eigenvalue weighted by molar-refractivity contribution is 0.391. The molecule has 0 radical (unpaired) electrons. The van der Waals surface area contributed by atoms with Crippen LogP contribution >= 0.6 is 0 Å². The van der Waals surface area contributed by atoms with Crippen LogP contribution in [0.4, 0.5) is 0 Å². The molecule has 0 aliphatic carbocycles. The summed E-state index contributed by atoms with van der Waals surface area (Å²) >= 11 is 0. The Kier molecular flexibility index (Phi) is 4.48. The molecule has 0 fully saturated rings. The molecule has 1 aromatic heterocycles. The fraction of sp³-hybridized carbons (Fsp3) is 0.333. The van der Waals surface area contributed by atoms with Crippen LogP contribution in [0.2, 0.25) is 0 Å². The molecule has 0 saturated heterocycles. The molecule has 4 rings (SSSR count). The summed E-state index contributed by atoms with van der Waals surface area (Å²) in [7, 11) is -1.88. The Balaban J connectivity index is 1.68. The van der Waals surface area contributed by atoms with E-state index in [9.17, 15) is 8.42 Å². The molecule has 142 valence electrons. The number of nitrogens with one attached hydrogen (secondary N) is 1. The lowest BCUT2D eigenvalue weighted by Gasteiger charge is -2.26. The summed E-state index contributed by atoms with van der Waals surface area (Å²) < 4.78 is 33.2. The smallest absolute Gasteiger partial charge is 0.243 e. The first-order valence-electron chi connectivity index (χ1n) is 9.17. The van der Waals surface area contributed by atoms with Crippen LogP contribution in [0.25, 0.3) is 10.9 Å². The Hall–Kier alpha value is -2.31. The van der Waals surface area contributed by atoms with Crippen LogP contribution in [0, 0.1) is 0 Å². The molecular weight excluding hydrogens is 360 g/mol. The number of benzene rings is 2. The number of methoxy groups -OCH3 is 1. The number of hydrogen-bond acceptors (Lipinski definition) is 3. The van der Waals surface area contributed by atoms with Gasteiger partial charge in [0.2, 0.25) is 10.0 Å². The number of aromatic nitrogens is 1. The zero-order valence-electron chi connectivity index (χ0n) is 15.8. The van der Waals surface area contributed by atoms with Gasteiger partial charge in [0.15, 0.2) is 0 Å². The van der Waals surface area contributed by atoms with Crippen LogP contribution in [0.1, 0.15) is 36.6 Å². The maximum absolute atomic E-state index is 13.2. The van der Waals surface area contributed by atoms with Crippen LogP contribution in [0.15, 0.2) is 47.4 Å². The van der Waals surface area contributed by atoms with Crippen molar-refractivity contribution in [1.29, 1.82) is 0 Å². The number of nitrogens with zero attached hydrogens (tertiary/aromatic N) is 1. The number of fused-ring (bicyclic) bond motifs is 3. The second-order valence-corrected chi connectivity index (χ2v) is 9.24. The van der Waals surface area contributed by atoms with Gasteiger partial charge in [-0.3, -0.25) is 0 Å². The lowest BCUT2D eigenvalue weighted by atomic mass is 10.0. The molecule has 0 amide bonds. The van der Waals surface area contributed by atoms with Crippen LogP contribution in [0.5, 0.6) is 5.75 Å². The fourth-order valence-electron chi connectivity index (χ4n) is 3.67. The van der Waals surface area contributed by atoms with E-state index in [1.165, 1.54) is 0 Å². The van der Waals surface area contributed by atoms with Gasteiger partial charge in [0.05, 0.1) is 12.0 Å². The minimum atomic E-state index is -3.52. The molecule has 1 N–H and O–H groups in total. The first kappa shape index (κ1) is 18.1. The predicted molar refractivity (Wildman–Crippen MR) is 107 cm³/mol. The lowest BCUT2D eigenvalue weighted by Crippen LogP contribution is -2.35. The summed E-state index contributed by atoms with van der Waals surface area (Å²) in [5.41, 5.74) is 4.30. The molecular formula is C21H24N2O3S. The van der Waals surface area contributed by atoms with Gasteiger partial charge in [-0.1, -0.05) is 26.0 Å². The molecule has 1 aliphatic heterocycles. The molecule has 2 aromatic carbocycles. The Labute approximate surface area is 160 Å². The Morgan fingerprint density at radius 3 is 2.52 bits per heavy atom. The fourth-order valence-corrected chi connectivity index (χ4v) is 5.08. The van der Waals surface area contributed by atoms with Crippen molar-refractivity contribution in [3.63, 3.8) is 0 Å². The van der Waals surface area contributed by atoms with E-state index in [1.54, 1.807) is 23.5 Å². The summed E-state index contributed by atoms with van der Waals surface area (Å²) in [5.74, 6) is 1.15. The van der Waals surface area contributed by atoms with Crippen molar-refractivity contribution in [1.82, 2.24) is 9.29 Å². The van der Waals surface area contributed by atoms with Crippen molar-refractivity contribution >= 4 is 20.9 Å². The van der Waals surface area contributed by atoms with Gasteiger partial charge in [0, 0.05) is 36.1 Å². The molecule has 5 nitrogen and oxygen atoms in total. The third-order valence-electron chi connectivity index (χ3n) is 5.33. The van der Waals surface area contributed by atoms with Crippen LogP contribution in [-0.2, 0) is 23.0 Å². The van der Waals surface area contributed by atoms with Crippen molar-refractivity contribution in [2.24, 2.45) is 0 Å². The van der Waals surface area contributed by atoms with Gasteiger partial charge in [-0.05, 0) is 47.4 Å². The summed E-state index contributed by atoms with van der Waals surface area (Å²) in [6.07, 6.45) is 0.676. The summed E-state index contributed by atoms with van der Waals surface area (Å²) in [6, 6.07) is 13.1. The maximum Gasteiger partial charge on any atom is 0.243 e. The second kappa shape index (κ2) is 6.69. The third kappa shape index (κ3) is 3.13. The van der Waals surface area contributed by atoms with Crippen molar-refractivity contribution < 1.29 is 13.2 Å². The summed E-state index contributed by atoms with van der Waals surface area (Å²) in [4.78, 5) is 3.78. The SMILES string of the molecule is COc1ccc2[nH]c3c(c2c1)CN(S(=O)(=O)c1ccc(C(C)C)cc1)CC3. The summed E-state index contributed by atoms with van der Waals surface area (Å²) in [6.45, 7) is 5.05. The van der Waals surface area contributed by atoms with Gasteiger partial charge in [-0.2, -0.15) is 4.31 Å². The van der Waals surface area contributed by atoms with Crippen molar-refractivity contribution in [2.75, 3.05) is 13.7 Å². The molecule has 2 heterocycles. The molecule has 6 heteroatoms. The first-order chi connectivity index (χ1) is 12.9. The molecule has 0 saturated carbocycles. The number of H-pyrrole nitrogens is 1. The molecule has 3 aromatic rings. The van der Waals surface area contributed by atoms with Gasteiger partial charge in [0.1, 0.15) is 5.75 Å². The zero-order chi connectivity index (χ0) is 19.2. The third-order valence-corrected chi connectivity index (χ3v) is 7.19. The topological polar surface area (TPSA) is 62.4 Å². The average Bonchev–Trinajstić information content (AvgIpc) is 3.05. The number of rotatable bonds is 4. The molecule has 27 heavy (non-hydrogen) atoms. The molecule has 0 bridgehead atoms. The van der Waals surface area contributed by atoms with Gasteiger partial charge < -0.3 is 9.72 Å². The normalized spacial score (nSPS) is 15.3. The zero-order valence-corrected chi connectivity index (χ0v) is 16.6. The second-order valence-electron chi connectivity index (χ2n) is 7.31. The molecule has 0 unspecified atom stereocenters. The Morgan fingerprint density at radius 1 is 1.11 bits per heavy atom. The van der Waals surface area contributed by atoms with Gasteiger partial charge >= 0.3 is 0 Å². The standard InChI is InChI=1S/C21H24N2O3S/c1-14(2)15-4-7-17(8-5-15)27(24,25)23-11-10-21-19(13-23)18-12-16(26-3)6-9-20(18)22-21/h4-9,12,14,22H,10-11,13H2,1-3H3. The highest BCUT2D eigenvalue weighted by Crippen LogP contribution is 2.32. The highest BCUT2D eigenvalue weighted by atomic mass is 32.2. The van der Waals surface area contributed by atoms with E-state index >= 15 is 0 Å². The van der Waals surface area contributed by atoms with E-state index in [4.69, 9.17) is 4.74 Å². The maximum atomic E-state index is 13.2. The largest absolute Gasteiger partial charge is 0.497 e. The Morgan fingerprint density at radius 2 is 1.85 bits per heavy atom. The van der Waals surface area contributed by atoms with Crippen LogP contribution < -0.4 is 4.74 Å². The Bertz CT molecular complexity index is 1080. The minimum Gasteiger partial charge on any atom is -0.497 e. The van der Waals surface area contributed by atoms with E-state index in [0.717, 1.165) is 33.5 Å². The molecule has 1 aliphatic rings. The van der Waals surface area contributed by atoms with Crippen LogP contribution in [-0.4, -0.2) is 31.4 Å². The summed E-state index contributed by atoms with van der Waals surface area (Å²) in [5, 5.41) is 1.03. The van der Waals surface area contributed by atoms with Crippen molar-refractivity contribution in [2.45, 2.75) is 37.6 Å². The molecule has 0 atom stereocenters. The van der Waals surface area contributed by atoms with Crippen molar-refractivity contribution in [3.05, 3.63) is 59.3 Å². The highest BCUT2D eigenvalue weighted by molar-refractivity contribution is 7.89. The van der Waals surface area contributed by atoms with Crippen LogP contribution in [0.3, 0.4) is 0 Å². The van der Waals surface area contributed by atoms with Crippen molar-refractivity contribution in [3.8, 4) is 5.75 Å². The monoisotopic (exact) mass is 384 g/mol. The van der Waals surface area contributed by atoms with Gasteiger partial charge in [-0.25, -0.2) is 8.42 Å². The predicted octanol–water partition coefficient (Wildman–Crippen LogP) is 4.05. The average molecular weight is 385 g/mol. The number of ether oxygens (including phenoxy) is 1. The first-order valence-corrected chi connectivity index (χ1v) is 10.6. The molecule has 0 spiro atoms.